The van der Waals surface area contributed by atoms with Crippen LogP contribution in [-0.2, 0) is 21.4 Å². The molecule has 1 rings (SSSR count). The van der Waals surface area contributed by atoms with Crippen LogP contribution in [0, 0.1) is 0 Å². The molecular weight excluding hydrogens is 222 g/mol. The van der Waals surface area contributed by atoms with Gasteiger partial charge in [0.1, 0.15) is 6.54 Å². The molecule has 0 unspecified atom stereocenters. The normalized spacial score (nSPS) is 10.5. The summed E-state index contributed by atoms with van der Waals surface area (Å²) >= 11 is 0. The first kappa shape index (κ1) is 13.0. The zero-order chi connectivity index (χ0) is 12.7. The Balaban J connectivity index is 2.34. The topological polar surface area (TPSA) is 73.2 Å². The van der Waals surface area contributed by atoms with E-state index in [2.05, 4.69) is 15.2 Å². The largest absolute Gasteiger partial charge is 0.465 e. The molecular formula is C11H15N3O3. The lowest BCUT2D eigenvalue weighted by Gasteiger charge is -2.01. The third-order valence-corrected chi connectivity index (χ3v) is 1.86. The average molecular weight is 237 g/mol. The molecule has 0 saturated heterocycles. The minimum atomic E-state index is -0.448. The highest BCUT2D eigenvalue weighted by atomic mass is 16.5. The smallest absolute Gasteiger partial charge is 0.325 e. The van der Waals surface area contributed by atoms with E-state index >= 15 is 0 Å². The summed E-state index contributed by atoms with van der Waals surface area (Å²) in [5, 5.41) is 6.37. The van der Waals surface area contributed by atoms with Crippen LogP contribution in [0.3, 0.4) is 0 Å². The van der Waals surface area contributed by atoms with Gasteiger partial charge in [-0.05, 0) is 13.0 Å². The van der Waals surface area contributed by atoms with Crippen molar-refractivity contribution in [1.82, 2.24) is 15.1 Å². The number of aromatic nitrogens is 2. The van der Waals surface area contributed by atoms with Gasteiger partial charge in [0.05, 0.1) is 12.8 Å². The molecule has 1 amide bonds. The molecule has 0 bridgehead atoms. The van der Waals surface area contributed by atoms with E-state index < -0.39 is 5.97 Å². The first-order chi connectivity index (χ1) is 8.11. The number of hydrogen-bond acceptors (Lipinski definition) is 4. The van der Waals surface area contributed by atoms with Crippen LogP contribution >= 0.6 is 0 Å². The minimum absolute atomic E-state index is 0.121. The lowest BCUT2D eigenvalue weighted by atomic mass is 10.3. The van der Waals surface area contributed by atoms with Crippen molar-refractivity contribution in [2.24, 2.45) is 7.05 Å². The van der Waals surface area contributed by atoms with Crippen molar-refractivity contribution in [1.29, 1.82) is 0 Å². The number of nitrogens with zero attached hydrogens (tertiary/aromatic N) is 2. The Labute approximate surface area is 99.3 Å². The molecule has 0 fully saturated rings. The number of ether oxygens (including phenoxy) is 1. The van der Waals surface area contributed by atoms with Gasteiger partial charge in [-0.3, -0.25) is 14.3 Å². The molecule has 0 aliphatic carbocycles. The molecule has 0 aliphatic rings. The third kappa shape index (κ3) is 4.96. The monoisotopic (exact) mass is 237 g/mol. The van der Waals surface area contributed by atoms with Gasteiger partial charge in [-0.1, -0.05) is 0 Å². The van der Waals surface area contributed by atoms with Crippen LogP contribution in [0.15, 0.2) is 18.5 Å². The van der Waals surface area contributed by atoms with Gasteiger partial charge in [-0.2, -0.15) is 5.10 Å². The second kappa shape index (κ2) is 6.47. The Morgan fingerprint density at radius 2 is 2.35 bits per heavy atom. The molecule has 1 heterocycles. The molecule has 0 aliphatic heterocycles. The van der Waals surface area contributed by atoms with Crippen LogP contribution in [0.5, 0.6) is 0 Å². The van der Waals surface area contributed by atoms with Gasteiger partial charge < -0.3 is 10.1 Å². The van der Waals surface area contributed by atoms with Crippen LogP contribution < -0.4 is 5.32 Å². The molecule has 92 valence electrons. The zero-order valence-electron chi connectivity index (χ0n) is 9.84. The number of carbonyl (C=O) groups is 2. The van der Waals surface area contributed by atoms with Crippen molar-refractivity contribution in [3.8, 4) is 0 Å². The zero-order valence-corrected chi connectivity index (χ0v) is 9.84. The van der Waals surface area contributed by atoms with Gasteiger partial charge in [0.15, 0.2) is 0 Å². The first-order valence-electron chi connectivity index (χ1n) is 5.22. The Hall–Kier alpha value is -2.11. The van der Waals surface area contributed by atoms with Crippen molar-refractivity contribution < 1.29 is 14.3 Å². The summed E-state index contributed by atoms with van der Waals surface area (Å²) in [6, 6.07) is 0. The van der Waals surface area contributed by atoms with E-state index in [1.165, 1.54) is 6.08 Å². The summed E-state index contributed by atoms with van der Waals surface area (Å²) in [5.74, 6) is -0.794. The molecule has 0 atom stereocenters. The Morgan fingerprint density at radius 1 is 1.59 bits per heavy atom. The fourth-order valence-electron chi connectivity index (χ4n) is 1.13. The molecule has 0 spiro atoms. The van der Waals surface area contributed by atoms with E-state index in [0.29, 0.717) is 6.61 Å². The molecule has 0 aromatic carbocycles. The maximum absolute atomic E-state index is 11.3. The van der Waals surface area contributed by atoms with Gasteiger partial charge in [0, 0.05) is 24.9 Å². The Bertz CT molecular complexity index is 423. The molecule has 6 nitrogen and oxygen atoms in total. The molecule has 0 radical (unpaired) electrons. The number of carbonyl (C=O) groups excluding carboxylic acids is 2. The predicted molar refractivity (Wildman–Crippen MR) is 61.9 cm³/mol. The van der Waals surface area contributed by atoms with E-state index in [1.54, 1.807) is 37.1 Å². The van der Waals surface area contributed by atoms with Crippen molar-refractivity contribution in [2.45, 2.75) is 6.92 Å². The summed E-state index contributed by atoms with van der Waals surface area (Å²) in [7, 11) is 1.79. The van der Waals surface area contributed by atoms with Crippen LogP contribution in [0.4, 0.5) is 0 Å². The number of nitrogens with one attached hydrogen (secondary N) is 1. The lowest BCUT2D eigenvalue weighted by Crippen LogP contribution is -2.29. The molecule has 1 aromatic heterocycles. The van der Waals surface area contributed by atoms with E-state index in [4.69, 9.17) is 0 Å². The van der Waals surface area contributed by atoms with Gasteiger partial charge >= 0.3 is 5.97 Å². The number of hydrogen-bond donors (Lipinski definition) is 1. The minimum Gasteiger partial charge on any atom is -0.465 e. The predicted octanol–water partition coefficient (Wildman–Crippen LogP) is 0.113. The summed E-state index contributed by atoms with van der Waals surface area (Å²) < 4.78 is 6.30. The lowest BCUT2D eigenvalue weighted by molar-refractivity contribution is -0.143. The first-order valence-corrected chi connectivity index (χ1v) is 5.22. The highest BCUT2D eigenvalue weighted by Crippen LogP contribution is 1.98. The van der Waals surface area contributed by atoms with Crippen molar-refractivity contribution >= 4 is 18.0 Å². The molecule has 17 heavy (non-hydrogen) atoms. The van der Waals surface area contributed by atoms with Gasteiger partial charge in [-0.25, -0.2) is 0 Å². The number of aryl methyl sites for hydroxylation is 1. The van der Waals surface area contributed by atoms with Crippen molar-refractivity contribution in [2.75, 3.05) is 13.2 Å². The van der Waals surface area contributed by atoms with Crippen molar-refractivity contribution in [3.05, 3.63) is 24.0 Å². The third-order valence-electron chi connectivity index (χ3n) is 1.86. The van der Waals surface area contributed by atoms with E-state index in [-0.39, 0.29) is 12.5 Å². The second-order valence-corrected chi connectivity index (χ2v) is 3.30. The van der Waals surface area contributed by atoms with Gasteiger partial charge in [-0.15, -0.1) is 0 Å². The average Bonchev–Trinajstić information content (AvgIpc) is 2.70. The summed E-state index contributed by atoms with van der Waals surface area (Å²) in [6.45, 7) is 1.90. The van der Waals surface area contributed by atoms with Crippen LogP contribution in [-0.4, -0.2) is 34.8 Å². The Morgan fingerprint density at radius 3 is 2.94 bits per heavy atom. The maximum Gasteiger partial charge on any atom is 0.325 e. The number of amides is 1. The van der Waals surface area contributed by atoms with E-state index in [1.807, 2.05) is 0 Å². The SMILES string of the molecule is CCOC(=O)CNC(=O)/C=C/c1cnn(C)c1. The van der Waals surface area contributed by atoms with Gasteiger partial charge in [0.25, 0.3) is 0 Å². The second-order valence-electron chi connectivity index (χ2n) is 3.30. The van der Waals surface area contributed by atoms with Gasteiger partial charge in [0.2, 0.25) is 5.91 Å². The van der Waals surface area contributed by atoms with Crippen LogP contribution in [0.25, 0.3) is 6.08 Å². The van der Waals surface area contributed by atoms with Crippen LogP contribution in [0.1, 0.15) is 12.5 Å². The summed E-state index contributed by atoms with van der Waals surface area (Å²) in [4.78, 5) is 22.2. The molecule has 1 aromatic rings. The maximum atomic E-state index is 11.3. The molecule has 6 heteroatoms. The fraction of sp³-hybridized carbons (Fsp3) is 0.364. The number of rotatable bonds is 5. The highest BCUT2D eigenvalue weighted by Gasteiger charge is 2.02. The van der Waals surface area contributed by atoms with E-state index in [0.717, 1.165) is 5.56 Å². The molecule has 0 saturated carbocycles. The van der Waals surface area contributed by atoms with E-state index in [9.17, 15) is 9.59 Å². The quantitative estimate of drug-likeness (QED) is 0.583. The number of esters is 1. The molecule has 1 N–H and O–H groups in total. The summed E-state index contributed by atoms with van der Waals surface area (Å²) in [5.41, 5.74) is 0.818. The standard InChI is InChI=1S/C11H15N3O3/c1-3-17-11(16)7-12-10(15)5-4-9-6-13-14(2)8-9/h4-6,8H,3,7H2,1-2H3,(H,12,15)/b5-4+. The highest BCUT2D eigenvalue weighted by molar-refractivity contribution is 5.93. The Kier molecular flexibility index (Phi) is 4.93. The van der Waals surface area contributed by atoms with Crippen molar-refractivity contribution in [3.63, 3.8) is 0 Å². The summed E-state index contributed by atoms with van der Waals surface area (Å²) in [6.07, 6.45) is 6.37. The fourth-order valence-corrected chi connectivity index (χ4v) is 1.13. The van der Waals surface area contributed by atoms with Crippen LogP contribution in [0.2, 0.25) is 0 Å².